The average Bonchev–Trinajstić information content (AvgIpc) is 2.84. The van der Waals surface area contributed by atoms with Crippen LogP contribution >= 0.6 is 11.8 Å². The lowest BCUT2D eigenvalue weighted by Gasteiger charge is -2.38. The summed E-state index contributed by atoms with van der Waals surface area (Å²) in [5, 5.41) is 6.18. The predicted molar refractivity (Wildman–Crippen MR) is 84.3 cm³/mol. The summed E-state index contributed by atoms with van der Waals surface area (Å²) >= 11 is 1.82. The zero-order valence-corrected chi connectivity index (χ0v) is 13.6. The highest BCUT2D eigenvalue weighted by Gasteiger charge is 2.40. The molecule has 2 amide bonds. The molecule has 0 aromatic rings. The summed E-state index contributed by atoms with van der Waals surface area (Å²) in [6.07, 6.45) is 9.90. The number of ether oxygens (including phenoxy) is 1. The first-order chi connectivity index (χ1) is 9.63. The first-order valence-corrected chi connectivity index (χ1v) is 9.23. The molecule has 1 aliphatic heterocycles. The smallest absolute Gasteiger partial charge is 0.315 e. The Labute approximate surface area is 126 Å². The van der Waals surface area contributed by atoms with Crippen LogP contribution in [-0.4, -0.2) is 42.3 Å². The zero-order valence-electron chi connectivity index (χ0n) is 12.7. The van der Waals surface area contributed by atoms with Crippen molar-refractivity contribution < 1.29 is 9.53 Å². The van der Waals surface area contributed by atoms with E-state index in [0.29, 0.717) is 0 Å². The lowest BCUT2D eigenvalue weighted by atomic mass is 9.89. The fourth-order valence-electron chi connectivity index (χ4n) is 3.34. The van der Waals surface area contributed by atoms with E-state index >= 15 is 0 Å². The van der Waals surface area contributed by atoms with Gasteiger partial charge in [-0.25, -0.2) is 4.79 Å². The van der Waals surface area contributed by atoms with Gasteiger partial charge in [0.05, 0.1) is 5.60 Å². The Morgan fingerprint density at radius 1 is 1.45 bits per heavy atom. The van der Waals surface area contributed by atoms with Crippen LogP contribution in [0.2, 0.25) is 0 Å². The van der Waals surface area contributed by atoms with Gasteiger partial charge in [0, 0.05) is 18.7 Å². The second kappa shape index (κ2) is 7.55. The second-order valence-corrected chi connectivity index (χ2v) is 7.21. The van der Waals surface area contributed by atoms with Gasteiger partial charge in [0.2, 0.25) is 0 Å². The fraction of sp³-hybridized carbons (Fsp3) is 0.933. The average molecular weight is 300 g/mol. The molecule has 1 spiro atoms. The van der Waals surface area contributed by atoms with Crippen LogP contribution in [0.1, 0.15) is 51.9 Å². The van der Waals surface area contributed by atoms with Crippen molar-refractivity contribution >= 4 is 17.8 Å². The lowest BCUT2D eigenvalue weighted by Crippen LogP contribution is -2.51. The maximum atomic E-state index is 12.0. The van der Waals surface area contributed by atoms with E-state index in [1.807, 2.05) is 11.8 Å². The zero-order chi connectivity index (χ0) is 14.4. The molecule has 1 heterocycles. The van der Waals surface area contributed by atoms with E-state index in [2.05, 4.69) is 23.8 Å². The van der Waals surface area contributed by atoms with Crippen LogP contribution in [0.3, 0.4) is 0 Å². The van der Waals surface area contributed by atoms with E-state index in [9.17, 15) is 4.79 Å². The van der Waals surface area contributed by atoms with Gasteiger partial charge in [0.15, 0.2) is 0 Å². The third kappa shape index (κ3) is 4.55. The second-order valence-electron chi connectivity index (χ2n) is 6.23. The van der Waals surface area contributed by atoms with Crippen LogP contribution in [-0.2, 0) is 4.74 Å². The lowest BCUT2D eigenvalue weighted by molar-refractivity contribution is -0.0820. The number of carbonyl (C=O) groups excluding carboxylic acids is 1. The molecule has 0 aromatic heterocycles. The fourth-order valence-corrected chi connectivity index (χ4v) is 3.93. The number of hydrogen-bond acceptors (Lipinski definition) is 3. The van der Waals surface area contributed by atoms with Gasteiger partial charge in [-0.05, 0) is 51.0 Å². The minimum atomic E-state index is -0.0151. The summed E-state index contributed by atoms with van der Waals surface area (Å²) < 4.78 is 6.00. The van der Waals surface area contributed by atoms with E-state index in [-0.39, 0.29) is 23.7 Å². The van der Waals surface area contributed by atoms with E-state index in [4.69, 9.17) is 4.74 Å². The van der Waals surface area contributed by atoms with Crippen molar-refractivity contribution in [1.82, 2.24) is 10.6 Å². The van der Waals surface area contributed by atoms with Crippen molar-refractivity contribution in [2.45, 2.75) is 69.6 Å². The number of carbonyl (C=O) groups is 1. The first kappa shape index (κ1) is 16.0. The quantitative estimate of drug-likeness (QED) is 0.821. The Morgan fingerprint density at radius 3 is 2.90 bits per heavy atom. The highest BCUT2D eigenvalue weighted by Crippen LogP contribution is 2.39. The third-order valence-electron chi connectivity index (χ3n) is 4.48. The van der Waals surface area contributed by atoms with Crippen molar-refractivity contribution in [2.24, 2.45) is 0 Å². The predicted octanol–water partition coefficient (Wildman–Crippen LogP) is 2.92. The Kier molecular flexibility index (Phi) is 6.02. The van der Waals surface area contributed by atoms with E-state index in [1.165, 1.54) is 12.8 Å². The Morgan fingerprint density at radius 2 is 2.20 bits per heavy atom. The highest BCUT2D eigenvalue weighted by molar-refractivity contribution is 7.98. The maximum Gasteiger partial charge on any atom is 0.315 e. The van der Waals surface area contributed by atoms with Gasteiger partial charge < -0.3 is 15.4 Å². The standard InChI is InChI=1S/C15H28N2O2S/c1-12(6-10-20-2)16-14(18)17-13-5-9-19-15(11-13)7-3-4-8-15/h12-13H,3-11H2,1-2H3,(H2,16,17,18)/t12-,13+/m1/s1. The van der Waals surface area contributed by atoms with Crippen molar-refractivity contribution in [1.29, 1.82) is 0 Å². The van der Waals surface area contributed by atoms with Crippen LogP contribution in [0.5, 0.6) is 0 Å². The molecule has 2 aliphatic rings. The van der Waals surface area contributed by atoms with Gasteiger partial charge >= 0.3 is 6.03 Å². The maximum absolute atomic E-state index is 12.0. The monoisotopic (exact) mass is 300 g/mol. The molecule has 2 N–H and O–H groups in total. The molecule has 20 heavy (non-hydrogen) atoms. The molecular formula is C15H28N2O2S. The topological polar surface area (TPSA) is 50.4 Å². The van der Waals surface area contributed by atoms with Gasteiger partial charge in [-0.3, -0.25) is 0 Å². The van der Waals surface area contributed by atoms with E-state index in [0.717, 1.165) is 44.5 Å². The minimum absolute atomic E-state index is 0.0151. The molecule has 5 heteroatoms. The van der Waals surface area contributed by atoms with Crippen molar-refractivity contribution in [3.8, 4) is 0 Å². The summed E-state index contributed by atoms with van der Waals surface area (Å²) in [5.74, 6) is 1.09. The van der Waals surface area contributed by atoms with Gasteiger partial charge in [-0.15, -0.1) is 0 Å². The molecule has 0 unspecified atom stereocenters. The summed E-state index contributed by atoms with van der Waals surface area (Å²) in [5.41, 5.74) is 0.0701. The van der Waals surface area contributed by atoms with Gasteiger partial charge in [-0.1, -0.05) is 12.8 Å². The SMILES string of the molecule is CSCC[C@@H](C)NC(=O)N[C@H]1CCOC2(CCCC2)C1. The number of hydrogen-bond donors (Lipinski definition) is 2. The number of urea groups is 1. The molecule has 0 radical (unpaired) electrons. The minimum Gasteiger partial charge on any atom is -0.375 e. The molecule has 0 bridgehead atoms. The van der Waals surface area contributed by atoms with Crippen LogP contribution in [0, 0.1) is 0 Å². The number of rotatable bonds is 5. The van der Waals surface area contributed by atoms with Crippen molar-refractivity contribution in [3.05, 3.63) is 0 Å². The van der Waals surface area contributed by atoms with Crippen LogP contribution < -0.4 is 10.6 Å². The Bertz CT molecular complexity index is 319. The molecule has 2 rings (SSSR count). The molecule has 0 aromatic carbocycles. The van der Waals surface area contributed by atoms with Gasteiger partial charge in [-0.2, -0.15) is 11.8 Å². The highest BCUT2D eigenvalue weighted by atomic mass is 32.2. The van der Waals surface area contributed by atoms with E-state index in [1.54, 1.807) is 0 Å². The number of nitrogens with one attached hydrogen (secondary N) is 2. The largest absolute Gasteiger partial charge is 0.375 e. The normalized spacial score (nSPS) is 26.4. The molecule has 1 saturated heterocycles. The summed E-state index contributed by atoms with van der Waals surface area (Å²) in [4.78, 5) is 12.0. The van der Waals surface area contributed by atoms with Crippen molar-refractivity contribution in [2.75, 3.05) is 18.6 Å². The van der Waals surface area contributed by atoms with Crippen LogP contribution in [0.25, 0.3) is 0 Å². The molecule has 1 saturated carbocycles. The Hall–Kier alpha value is -0.420. The van der Waals surface area contributed by atoms with Gasteiger partial charge in [0.1, 0.15) is 0 Å². The first-order valence-electron chi connectivity index (χ1n) is 7.83. The van der Waals surface area contributed by atoms with Crippen LogP contribution in [0.15, 0.2) is 0 Å². The van der Waals surface area contributed by atoms with Gasteiger partial charge in [0.25, 0.3) is 0 Å². The Balaban J connectivity index is 1.73. The van der Waals surface area contributed by atoms with E-state index < -0.39 is 0 Å². The summed E-state index contributed by atoms with van der Waals surface area (Å²) in [7, 11) is 0. The number of amides is 2. The molecule has 1 aliphatic carbocycles. The van der Waals surface area contributed by atoms with Crippen molar-refractivity contribution in [3.63, 3.8) is 0 Å². The summed E-state index contributed by atoms with van der Waals surface area (Å²) in [6, 6.07) is 0.496. The number of thioether (sulfide) groups is 1. The molecule has 2 atom stereocenters. The molecule has 4 nitrogen and oxygen atoms in total. The molecule has 116 valence electrons. The summed E-state index contributed by atoms with van der Waals surface area (Å²) in [6.45, 7) is 2.85. The molecule has 2 fully saturated rings. The third-order valence-corrected chi connectivity index (χ3v) is 5.12. The molecular weight excluding hydrogens is 272 g/mol. The van der Waals surface area contributed by atoms with Crippen LogP contribution in [0.4, 0.5) is 4.79 Å².